The van der Waals surface area contributed by atoms with E-state index in [1.54, 1.807) is 0 Å². The van der Waals surface area contributed by atoms with Crippen molar-refractivity contribution in [3.05, 3.63) is 0 Å². The standard InChI is InChI=1S/C4H10N2O/c5-3-1-2-6-4(3)7/h3-4,6-7H,1-2,5H2. The monoisotopic (exact) mass is 102 g/mol. The van der Waals surface area contributed by atoms with Crippen molar-refractivity contribution in [2.45, 2.75) is 18.7 Å². The van der Waals surface area contributed by atoms with Crippen molar-refractivity contribution >= 4 is 0 Å². The minimum atomic E-state index is -0.458. The van der Waals surface area contributed by atoms with Crippen molar-refractivity contribution in [1.29, 1.82) is 0 Å². The van der Waals surface area contributed by atoms with Crippen molar-refractivity contribution in [2.75, 3.05) is 6.54 Å². The molecular weight excluding hydrogens is 92.1 g/mol. The second kappa shape index (κ2) is 1.78. The maximum Gasteiger partial charge on any atom is 0.120 e. The van der Waals surface area contributed by atoms with E-state index in [0.29, 0.717) is 0 Å². The Kier molecular flexibility index (Phi) is 1.27. The third-order valence-corrected chi connectivity index (χ3v) is 1.24. The molecule has 3 nitrogen and oxygen atoms in total. The lowest BCUT2D eigenvalue weighted by Crippen LogP contribution is -2.35. The molecule has 0 aromatic carbocycles. The van der Waals surface area contributed by atoms with Gasteiger partial charge in [0.15, 0.2) is 0 Å². The molecule has 0 radical (unpaired) electrons. The van der Waals surface area contributed by atoms with Gasteiger partial charge < -0.3 is 10.8 Å². The Morgan fingerprint density at radius 3 is 2.57 bits per heavy atom. The molecule has 7 heavy (non-hydrogen) atoms. The zero-order chi connectivity index (χ0) is 5.28. The summed E-state index contributed by atoms with van der Waals surface area (Å²) >= 11 is 0. The molecule has 2 unspecified atom stereocenters. The molecule has 2 atom stereocenters. The highest BCUT2D eigenvalue weighted by molar-refractivity contribution is 4.77. The molecule has 0 spiro atoms. The highest BCUT2D eigenvalue weighted by Gasteiger charge is 2.19. The number of rotatable bonds is 0. The van der Waals surface area contributed by atoms with Crippen molar-refractivity contribution in [1.82, 2.24) is 5.32 Å². The van der Waals surface area contributed by atoms with Crippen molar-refractivity contribution in [3.63, 3.8) is 0 Å². The molecule has 0 aromatic rings. The molecule has 1 fully saturated rings. The molecule has 1 heterocycles. The highest BCUT2D eigenvalue weighted by atomic mass is 16.3. The van der Waals surface area contributed by atoms with Gasteiger partial charge in [-0.1, -0.05) is 0 Å². The van der Waals surface area contributed by atoms with E-state index in [9.17, 15) is 0 Å². The molecular formula is C4H10N2O. The van der Waals surface area contributed by atoms with E-state index in [1.807, 2.05) is 0 Å². The van der Waals surface area contributed by atoms with E-state index in [1.165, 1.54) is 0 Å². The molecule has 0 aromatic heterocycles. The summed E-state index contributed by atoms with van der Waals surface area (Å²) in [6, 6.07) is -0.0417. The quantitative estimate of drug-likeness (QED) is 0.353. The van der Waals surface area contributed by atoms with E-state index in [4.69, 9.17) is 10.8 Å². The van der Waals surface area contributed by atoms with Crippen molar-refractivity contribution in [2.24, 2.45) is 5.73 Å². The molecule has 42 valence electrons. The maximum atomic E-state index is 8.76. The molecule has 1 rings (SSSR count). The number of hydrogen-bond donors (Lipinski definition) is 3. The number of nitrogens with one attached hydrogen (secondary N) is 1. The van der Waals surface area contributed by atoms with Gasteiger partial charge in [-0.25, -0.2) is 0 Å². The molecule has 1 aliphatic heterocycles. The summed E-state index contributed by atoms with van der Waals surface area (Å²) in [7, 11) is 0. The van der Waals surface area contributed by atoms with Gasteiger partial charge in [-0.15, -0.1) is 0 Å². The van der Waals surface area contributed by atoms with Crippen LogP contribution in [0.25, 0.3) is 0 Å². The minimum Gasteiger partial charge on any atom is -0.377 e. The van der Waals surface area contributed by atoms with Crippen LogP contribution in [0.15, 0.2) is 0 Å². The Hall–Kier alpha value is -0.120. The zero-order valence-electron chi connectivity index (χ0n) is 4.09. The molecule has 0 saturated carbocycles. The minimum absolute atomic E-state index is 0.0417. The van der Waals surface area contributed by atoms with Crippen LogP contribution in [-0.2, 0) is 0 Å². The molecule has 1 saturated heterocycles. The Balaban J connectivity index is 2.33. The summed E-state index contributed by atoms with van der Waals surface area (Å²) in [5.41, 5.74) is 5.37. The third kappa shape index (κ3) is 0.907. The first kappa shape index (κ1) is 5.03. The fourth-order valence-electron chi connectivity index (χ4n) is 0.707. The average molecular weight is 102 g/mol. The number of aliphatic hydroxyl groups excluding tert-OH is 1. The van der Waals surface area contributed by atoms with Crippen LogP contribution >= 0.6 is 0 Å². The van der Waals surface area contributed by atoms with Gasteiger partial charge in [-0.3, -0.25) is 5.32 Å². The molecule has 1 aliphatic rings. The lowest BCUT2D eigenvalue weighted by molar-refractivity contribution is 0.143. The number of hydrogen-bond acceptors (Lipinski definition) is 3. The Labute approximate surface area is 42.5 Å². The van der Waals surface area contributed by atoms with Gasteiger partial charge in [-0.05, 0) is 13.0 Å². The molecule has 4 N–H and O–H groups in total. The van der Waals surface area contributed by atoms with Crippen LogP contribution in [0.4, 0.5) is 0 Å². The van der Waals surface area contributed by atoms with Gasteiger partial charge in [0.05, 0.1) is 0 Å². The fraction of sp³-hybridized carbons (Fsp3) is 1.00. The topological polar surface area (TPSA) is 58.3 Å². The third-order valence-electron chi connectivity index (χ3n) is 1.24. The van der Waals surface area contributed by atoms with Gasteiger partial charge in [0.1, 0.15) is 6.23 Å². The van der Waals surface area contributed by atoms with Crippen molar-refractivity contribution in [3.8, 4) is 0 Å². The Bertz CT molecular complexity index is 58.7. The fourth-order valence-corrected chi connectivity index (χ4v) is 0.707. The molecule has 0 amide bonds. The van der Waals surface area contributed by atoms with Crippen molar-refractivity contribution < 1.29 is 5.11 Å². The van der Waals surface area contributed by atoms with Crippen LogP contribution in [0.1, 0.15) is 6.42 Å². The lowest BCUT2D eigenvalue weighted by Gasteiger charge is -2.04. The second-order valence-corrected chi connectivity index (χ2v) is 1.85. The van der Waals surface area contributed by atoms with E-state index < -0.39 is 6.23 Å². The number of aliphatic hydroxyl groups is 1. The first-order valence-corrected chi connectivity index (χ1v) is 2.48. The molecule has 3 heteroatoms. The largest absolute Gasteiger partial charge is 0.377 e. The maximum absolute atomic E-state index is 8.76. The Morgan fingerprint density at radius 2 is 2.43 bits per heavy atom. The van der Waals surface area contributed by atoms with Gasteiger partial charge in [0.25, 0.3) is 0 Å². The van der Waals surface area contributed by atoms with Gasteiger partial charge in [-0.2, -0.15) is 0 Å². The zero-order valence-corrected chi connectivity index (χ0v) is 4.09. The van der Waals surface area contributed by atoms with Crippen LogP contribution in [0.2, 0.25) is 0 Å². The second-order valence-electron chi connectivity index (χ2n) is 1.85. The summed E-state index contributed by atoms with van der Waals surface area (Å²) in [6.07, 6.45) is 0.432. The van der Waals surface area contributed by atoms with E-state index >= 15 is 0 Å². The normalized spacial score (nSPS) is 42.0. The molecule has 0 bridgehead atoms. The highest BCUT2D eigenvalue weighted by Crippen LogP contribution is 1.98. The average Bonchev–Trinajstić information content (AvgIpc) is 1.91. The summed E-state index contributed by atoms with van der Waals surface area (Å²) in [5.74, 6) is 0. The van der Waals surface area contributed by atoms with Crippen LogP contribution in [-0.4, -0.2) is 23.9 Å². The number of nitrogens with two attached hydrogens (primary N) is 1. The summed E-state index contributed by atoms with van der Waals surface area (Å²) in [6.45, 7) is 0.850. The lowest BCUT2D eigenvalue weighted by atomic mass is 10.3. The van der Waals surface area contributed by atoms with Gasteiger partial charge in [0.2, 0.25) is 0 Å². The van der Waals surface area contributed by atoms with Crippen LogP contribution < -0.4 is 11.1 Å². The predicted molar refractivity (Wildman–Crippen MR) is 26.6 cm³/mol. The van der Waals surface area contributed by atoms with E-state index in [0.717, 1.165) is 13.0 Å². The first-order valence-electron chi connectivity index (χ1n) is 2.48. The van der Waals surface area contributed by atoms with E-state index in [2.05, 4.69) is 5.32 Å². The first-order chi connectivity index (χ1) is 3.30. The van der Waals surface area contributed by atoms with Crippen LogP contribution in [0.3, 0.4) is 0 Å². The predicted octanol–water partition coefficient (Wildman–Crippen LogP) is -1.37. The summed E-state index contributed by atoms with van der Waals surface area (Å²) < 4.78 is 0. The van der Waals surface area contributed by atoms with Crippen LogP contribution in [0, 0.1) is 0 Å². The Morgan fingerprint density at radius 1 is 1.71 bits per heavy atom. The van der Waals surface area contributed by atoms with E-state index in [-0.39, 0.29) is 6.04 Å². The SMILES string of the molecule is NC1CCNC1O. The van der Waals surface area contributed by atoms with Gasteiger partial charge in [0, 0.05) is 6.04 Å². The van der Waals surface area contributed by atoms with Gasteiger partial charge >= 0.3 is 0 Å². The molecule has 0 aliphatic carbocycles. The summed E-state index contributed by atoms with van der Waals surface area (Å²) in [5, 5.41) is 11.6. The smallest absolute Gasteiger partial charge is 0.120 e. The van der Waals surface area contributed by atoms with Crippen LogP contribution in [0.5, 0.6) is 0 Å². The summed E-state index contributed by atoms with van der Waals surface area (Å²) in [4.78, 5) is 0.